The second-order valence-corrected chi connectivity index (χ2v) is 6.64. The number of rotatable bonds is 6. The Morgan fingerprint density at radius 3 is 2.32 bits per heavy atom. The number of carbonyl (C=O) groups is 1. The van der Waals surface area contributed by atoms with Crippen LogP contribution in [0.3, 0.4) is 0 Å². The van der Waals surface area contributed by atoms with Crippen LogP contribution in [0.25, 0.3) is 22.4 Å². The molecule has 0 unspecified atom stereocenters. The summed E-state index contributed by atoms with van der Waals surface area (Å²) in [6.07, 6.45) is 0. The number of aromatic nitrogens is 1. The van der Waals surface area contributed by atoms with Crippen LogP contribution in [0.1, 0.15) is 15.9 Å². The van der Waals surface area contributed by atoms with E-state index in [4.69, 9.17) is 18.9 Å². The second-order valence-electron chi connectivity index (χ2n) is 6.01. The fourth-order valence-corrected chi connectivity index (χ4v) is 3.80. The molecule has 6 nitrogen and oxygen atoms in total. The Balaban J connectivity index is 2.13. The average molecular weight is 399 g/mol. The van der Waals surface area contributed by atoms with Crippen LogP contribution in [0.2, 0.25) is 0 Å². The van der Waals surface area contributed by atoms with Crippen LogP contribution in [0.15, 0.2) is 35.7 Å². The maximum absolute atomic E-state index is 12.1. The first kappa shape index (κ1) is 19.7. The Morgan fingerprint density at radius 2 is 1.68 bits per heavy atom. The van der Waals surface area contributed by atoms with Crippen LogP contribution in [0, 0.1) is 6.92 Å². The summed E-state index contributed by atoms with van der Waals surface area (Å²) in [4.78, 5) is 12.1. The van der Waals surface area contributed by atoms with Gasteiger partial charge in [-0.3, -0.25) is 0 Å². The summed E-state index contributed by atoms with van der Waals surface area (Å²) in [5.74, 6) is 1.34. The first-order chi connectivity index (χ1) is 13.5. The Morgan fingerprint density at radius 1 is 0.929 bits per heavy atom. The quantitative estimate of drug-likeness (QED) is 0.565. The highest BCUT2D eigenvalue weighted by Gasteiger charge is 2.19. The minimum Gasteiger partial charge on any atom is -0.496 e. The summed E-state index contributed by atoms with van der Waals surface area (Å²) in [7, 11) is 6.09. The predicted molar refractivity (Wildman–Crippen MR) is 109 cm³/mol. The van der Waals surface area contributed by atoms with Crippen LogP contribution >= 0.6 is 11.5 Å². The molecule has 3 rings (SSSR count). The van der Waals surface area contributed by atoms with Crippen LogP contribution in [0.4, 0.5) is 0 Å². The minimum atomic E-state index is -0.453. The fraction of sp³-hybridized carbons (Fsp3) is 0.238. The number of ether oxygens (including phenoxy) is 4. The summed E-state index contributed by atoms with van der Waals surface area (Å²) in [6, 6.07) is 9.31. The molecule has 0 saturated heterocycles. The van der Waals surface area contributed by atoms with Crippen LogP contribution in [0.5, 0.6) is 17.2 Å². The van der Waals surface area contributed by atoms with Crippen molar-refractivity contribution in [1.29, 1.82) is 0 Å². The Kier molecular flexibility index (Phi) is 5.84. The van der Waals surface area contributed by atoms with E-state index in [2.05, 4.69) is 4.37 Å². The molecule has 1 aromatic heterocycles. The van der Waals surface area contributed by atoms with Crippen molar-refractivity contribution in [2.24, 2.45) is 0 Å². The highest BCUT2D eigenvalue weighted by molar-refractivity contribution is 7.04. The van der Waals surface area contributed by atoms with Gasteiger partial charge in [-0.15, -0.1) is 0 Å². The zero-order valence-electron chi connectivity index (χ0n) is 16.4. The SMILES string of the molecule is COC(=O)c1cc(-c2csnc2-c2cc(C)c(OC)c(OC)c2)ccc1OC. The number of carbonyl (C=O) groups excluding carboxylic acids is 1. The topological polar surface area (TPSA) is 66.9 Å². The molecular weight excluding hydrogens is 378 g/mol. The third kappa shape index (κ3) is 3.53. The Hall–Kier alpha value is -3.06. The van der Waals surface area contributed by atoms with E-state index in [1.54, 1.807) is 26.4 Å². The van der Waals surface area contributed by atoms with Crippen molar-refractivity contribution in [1.82, 2.24) is 4.37 Å². The molecule has 2 aromatic carbocycles. The van der Waals surface area contributed by atoms with Crippen molar-refractivity contribution in [3.05, 3.63) is 46.8 Å². The molecule has 0 bridgehead atoms. The number of hydrogen-bond acceptors (Lipinski definition) is 7. The molecule has 0 atom stereocenters. The highest BCUT2D eigenvalue weighted by atomic mass is 32.1. The van der Waals surface area contributed by atoms with Crippen molar-refractivity contribution >= 4 is 17.5 Å². The van der Waals surface area contributed by atoms with E-state index < -0.39 is 5.97 Å². The second kappa shape index (κ2) is 8.31. The van der Waals surface area contributed by atoms with Crippen molar-refractivity contribution in [2.45, 2.75) is 6.92 Å². The Bertz CT molecular complexity index is 1010. The van der Waals surface area contributed by atoms with E-state index in [1.165, 1.54) is 25.8 Å². The van der Waals surface area contributed by atoms with E-state index in [0.717, 1.165) is 27.9 Å². The number of aryl methyl sites for hydroxylation is 1. The molecule has 0 aliphatic rings. The molecule has 3 aromatic rings. The number of hydrogen-bond donors (Lipinski definition) is 0. The zero-order chi connectivity index (χ0) is 20.3. The third-order valence-corrected chi connectivity index (χ3v) is 5.05. The van der Waals surface area contributed by atoms with E-state index in [1.807, 2.05) is 30.5 Å². The molecule has 0 radical (unpaired) electrons. The molecule has 7 heteroatoms. The molecule has 1 heterocycles. The maximum Gasteiger partial charge on any atom is 0.341 e. The molecule has 28 heavy (non-hydrogen) atoms. The lowest BCUT2D eigenvalue weighted by Crippen LogP contribution is -2.04. The molecule has 0 aliphatic carbocycles. The summed E-state index contributed by atoms with van der Waals surface area (Å²) >= 11 is 1.35. The summed E-state index contributed by atoms with van der Waals surface area (Å²) in [6.45, 7) is 1.96. The van der Waals surface area contributed by atoms with E-state index >= 15 is 0 Å². The molecule has 0 spiro atoms. The third-order valence-electron chi connectivity index (χ3n) is 4.42. The summed E-state index contributed by atoms with van der Waals surface area (Å²) < 4.78 is 25.6. The first-order valence-corrected chi connectivity index (χ1v) is 9.31. The maximum atomic E-state index is 12.1. The van der Waals surface area contributed by atoms with Gasteiger partial charge in [0, 0.05) is 16.5 Å². The van der Waals surface area contributed by atoms with Gasteiger partial charge < -0.3 is 18.9 Å². The van der Waals surface area contributed by atoms with Crippen molar-refractivity contribution in [3.8, 4) is 39.6 Å². The smallest absolute Gasteiger partial charge is 0.341 e. The van der Waals surface area contributed by atoms with E-state index in [9.17, 15) is 4.79 Å². The number of methoxy groups -OCH3 is 4. The molecule has 0 N–H and O–H groups in total. The van der Waals surface area contributed by atoms with Gasteiger partial charge in [-0.2, -0.15) is 4.37 Å². The monoisotopic (exact) mass is 399 g/mol. The van der Waals surface area contributed by atoms with Gasteiger partial charge in [-0.25, -0.2) is 4.79 Å². The Labute approximate surface area is 167 Å². The number of esters is 1. The van der Waals surface area contributed by atoms with E-state index in [0.29, 0.717) is 22.8 Å². The normalized spacial score (nSPS) is 10.5. The minimum absolute atomic E-state index is 0.364. The molecule has 0 amide bonds. The van der Waals surface area contributed by atoms with E-state index in [-0.39, 0.29) is 0 Å². The van der Waals surface area contributed by atoms with Crippen LogP contribution < -0.4 is 14.2 Å². The summed E-state index contributed by atoms with van der Waals surface area (Å²) in [5, 5.41) is 1.95. The van der Waals surface area contributed by atoms with Crippen molar-refractivity contribution in [2.75, 3.05) is 28.4 Å². The zero-order valence-corrected chi connectivity index (χ0v) is 17.2. The van der Waals surface area contributed by atoms with Crippen molar-refractivity contribution < 1.29 is 23.7 Å². The standard InChI is InChI=1S/C21H21NO5S/c1-12-8-14(10-18(25-3)20(12)26-4)19-16(11-28-22-19)13-6-7-17(24-2)15(9-13)21(23)27-5/h6-11H,1-5H3. The highest BCUT2D eigenvalue weighted by Crippen LogP contribution is 2.40. The van der Waals surface area contributed by atoms with Crippen LogP contribution in [-0.4, -0.2) is 38.8 Å². The lowest BCUT2D eigenvalue weighted by atomic mass is 9.98. The van der Waals surface area contributed by atoms with Gasteiger partial charge in [-0.05, 0) is 53.8 Å². The van der Waals surface area contributed by atoms with Gasteiger partial charge in [0.25, 0.3) is 0 Å². The largest absolute Gasteiger partial charge is 0.496 e. The van der Waals surface area contributed by atoms with Gasteiger partial charge in [0.2, 0.25) is 0 Å². The lowest BCUT2D eigenvalue weighted by molar-refractivity contribution is 0.0597. The van der Waals surface area contributed by atoms with Crippen LogP contribution in [-0.2, 0) is 4.74 Å². The number of nitrogens with zero attached hydrogens (tertiary/aromatic N) is 1. The van der Waals surface area contributed by atoms with Gasteiger partial charge in [0.05, 0.1) is 34.1 Å². The average Bonchev–Trinajstić information content (AvgIpc) is 3.21. The fourth-order valence-electron chi connectivity index (χ4n) is 3.09. The lowest BCUT2D eigenvalue weighted by Gasteiger charge is -2.13. The number of benzene rings is 2. The van der Waals surface area contributed by atoms with Gasteiger partial charge in [0.1, 0.15) is 11.3 Å². The first-order valence-electron chi connectivity index (χ1n) is 8.48. The molecule has 0 aliphatic heterocycles. The predicted octanol–water partition coefficient (Wildman–Crippen LogP) is 4.60. The van der Waals surface area contributed by atoms with Crippen molar-refractivity contribution in [3.63, 3.8) is 0 Å². The van der Waals surface area contributed by atoms with Gasteiger partial charge in [0.15, 0.2) is 11.5 Å². The molecule has 146 valence electrons. The van der Waals surface area contributed by atoms with Gasteiger partial charge >= 0.3 is 5.97 Å². The molecule has 0 fully saturated rings. The molecular formula is C21H21NO5S. The summed E-state index contributed by atoms with van der Waals surface area (Å²) in [5.41, 5.74) is 4.77. The van der Waals surface area contributed by atoms with Gasteiger partial charge in [-0.1, -0.05) is 6.07 Å². The molecule has 0 saturated carbocycles.